The molecule has 1 rings (SSSR count). The molecular weight excluding hydrogens is 248 g/mol. The summed E-state index contributed by atoms with van der Waals surface area (Å²) in [7, 11) is -1.70. The Bertz CT molecular complexity index is 389. The van der Waals surface area contributed by atoms with Crippen LogP contribution in [0.5, 0.6) is 0 Å². The summed E-state index contributed by atoms with van der Waals surface area (Å²) in [6.07, 6.45) is 4.19. The maximum absolute atomic E-state index is 6.39. The van der Waals surface area contributed by atoms with Crippen LogP contribution in [0.4, 0.5) is 0 Å². The molecule has 2 heteroatoms. The molecule has 1 aromatic rings. The van der Waals surface area contributed by atoms with Crippen LogP contribution >= 0.6 is 0 Å². The molecule has 0 aliphatic rings. The molecule has 1 nitrogen and oxygen atoms in total. The third-order valence-electron chi connectivity index (χ3n) is 4.08. The number of rotatable bonds is 6. The SMILES string of the molecule is C=C[C@H](CCc1ccccc1)O[Si](C)(C)C(C)(C)C. The Kier molecular flexibility index (Phi) is 5.57. The van der Waals surface area contributed by atoms with Gasteiger partial charge in [0.2, 0.25) is 0 Å². The molecule has 106 valence electrons. The summed E-state index contributed by atoms with van der Waals surface area (Å²) < 4.78 is 6.39. The first-order chi connectivity index (χ1) is 8.76. The van der Waals surface area contributed by atoms with Crippen LogP contribution in [0.1, 0.15) is 32.8 Å². The van der Waals surface area contributed by atoms with Crippen LogP contribution in [-0.4, -0.2) is 14.4 Å². The monoisotopic (exact) mass is 276 g/mol. The molecule has 19 heavy (non-hydrogen) atoms. The van der Waals surface area contributed by atoms with E-state index in [-0.39, 0.29) is 11.1 Å². The molecule has 1 atom stereocenters. The highest BCUT2D eigenvalue weighted by molar-refractivity contribution is 6.74. The van der Waals surface area contributed by atoms with Gasteiger partial charge in [0.15, 0.2) is 8.32 Å². The molecule has 0 saturated heterocycles. The van der Waals surface area contributed by atoms with Gasteiger partial charge in [-0.15, -0.1) is 6.58 Å². The largest absolute Gasteiger partial charge is 0.411 e. The van der Waals surface area contributed by atoms with Crippen molar-refractivity contribution in [2.24, 2.45) is 0 Å². The summed E-state index contributed by atoms with van der Waals surface area (Å²) in [6.45, 7) is 15.4. The number of aryl methyl sites for hydroxylation is 1. The Morgan fingerprint density at radius 3 is 2.26 bits per heavy atom. The maximum Gasteiger partial charge on any atom is 0.192 e. The van der Waals surface area contributed by atoms with Gasteiger partial charge in [0.1, 0.15) is 0 Å². The van der Waals surface area contributed by atoms with E-state index in [1.165, 1.54) is 5.56 Å². The first-order valence-electron chi connectivity index (χ1n) is 7.10. The molecule has 0 aliphatic heterocycles. The van der Waals surface area contributed by atoms with Crippen molar-refractivity contribution in [3.63, 3.8) is 0 Å². The molecule has 0 spiro atoms. The van der Waals surface area contributed by atoms with E-state index >= 15 is 0 Å². The van der Waals surface area contributed by atoms with Gasteiger partial charge < -0.3 is 4.43 Å². The molecule has 0 bridgehead atoms. The van der Waals surface area contributed by atoms with Gasteiger partial charge in [-0.2, -0.15) is 0 Å². The molecule has 0 heterocycles. The fourth-order valence-corrected chi connectivity index (χ4v) is 3.06. The lowest BCUT2D eigenvalue weighted by atomic mass is 10.1. The van der Waals surface area contributed by atoms with Crippen LogP contribution in [0, 0.1) is 0 Å². The van der Waals surface area contributed by atoms with E-state index in [2.05, 4.69) is 70.8 Å². The van der Waals surface area contributed by atoms with Crippen molar-refractivity contribution in [1.29, 1.82) is 0 Å². The van der Waals surface area contributed by atoms with E-state index < -0.39 is 8.32 Å². The molecule has 0 aromatic heterocycles. The van der Waals surface area contributed by atoms with Gasteiger partial charge in [0, 0.05) is 0 Å². The third kappa shape index (κ3) is 4.96. The number of benzene rings is 1. The molecule has 0 unspecified atom stereocenters. The molecule has 0 fully saturated rings. The van der Waals surface area contributed by atoms with Crippen molar-refractivity contribution in [2.45, 2.75) is 57.8 Å². The van der Waals surface area contributed by atoms with Gasteiger partial charge in [-0.05, 0) is 36.5 Å². The molecule has 0 saturated carbocycles. The van der Waals surface area contributed by atoms with Crippen molar-refractivity contribution in [1.82, 2.24) is 0 Å². The van der Waals surface area contributed by atoms with Crippen molar-refractivity contribution in [3.8, 4) is 0 Å². The van der Waals surface area contributed by atoms with Gasteiger partial charge in [-0.1, -0.05) is 57.2 Å². The first-order valence-corrected chi connectivity index (χ1v) is 10.0. The predicted octanol–water partition coefficient (Wildman–Crippen LogP) is 5.20. The molecule has 0 N–H and O–H groups in total. The molecule has 0 aliphatic carbocycles. The Morgan fingerprint density at radius 2 is 1.79 bits per heavy atom. The minimum atomic E-state index is -1.70. The van der Waals surface area contributed by atoms with Crippen LogP contribution in [0.3, 0.4) is 0 Å². The fraction of sp³-hybridized carbons (Fsp3) is 0.529. The average molecular weight is 276 g/mol. The average Bonchev–Trinajstić information content (AvgIpc) is 2.34. The molecule has 0 radical (unpaired) electrons. The summed E-state index contributed by atoms with van der Waals surface area (Å²) in [4.78, 5) is 0. The summed E-state index contributed by atoms with van der Waals surface area (Å²) >= 11 is 0. The van der Waals surface area contributed by atoms with Crippen LogP contribution < -0.4 is 0 Å². The van der Waals surface area contributed by atoms with E-state index in [0.717, 1.165) is 12.8 Å². The predicted molar refractivity (Wildman–Crippen MR) is 87.0 cm³/mol. The zero-order valence-corrected chi connectivity index (χ0v) is 14.1. The lowest BCUT2D eigenvalue weighted by molar-refractivity contribution is 0.215. The number of hydrogen-bond donors (Lipinski definition) is 0. The zero-order chi connectivity index (χ0) is 14.5. The highest BCUT2D eigenvalue weighted by Crippen LogP contribution is 2.37. The third-order valence-corrected chi connectivity index (χ3v) is 8.58. The lowest BCUT2D eigenvalue weighted by Crippen LogP contribution is -2.43. The Hall–Kier alpha value is -0.863. The van der Waals surface area contributed by atoms with E-state index in [0.29, 0.717) is 0 Å². The Balaban J connectivity index is 2.58. The fourth-order valence-electron chi connectivity index (χ4n) is 1.73. The van der Waals surface area contributed by atoms with Crippen molar-refractivity contribution >= 4 is 8.32 Å². The van der Waals surface area contributed by atoms with Gasteiger partial charge in [0.05, 0.1) is 6.10 Å². The summed E-state index contributed by atoms with van der Waals surface area (Å²) in [6, 6.07) is 10.6. The second-order valence-corrected chi connectivity index (χ2v) is 11.4. The summed E-state index contributed by atoms with van der Waals surface area (Å²) in [5.41, 5.74) is 1.37. The van der Waals surface area contributed by atoms with Crippen LogP contribution in [0.25, 0.3) is 0 Å². The van der Waals surface area contributed by atoms with Crippen LogP contribution in [0.2, 0.25) is 18.1 Å². The van der Waals surface area contributed by atoms with Crippen molar-refractivity contribution in [3.05, 3.63) is 48.6 Å². The lowest BCUT2D eigenvalue weighted by Gasteiger charge is -2.38. The van der Waals surface area contributed by atoms with Crippen molar-refractivity contribution < 1.29 is 4.43 Å². The Morgan fingerprint density at radius 1 is 1.21 bits per heavy atom. The quantitative estimate of drug-likeness (QED) is 0.513. The second-order valence-electron chi connectivity index (χ2n) is 6.68. The van der Waals surface area contributed by atoms with Gasteiger partial charge in [-0.3, -0.25) is 0 Å². The second kappa shape index (κ2) is 6.53. The molecule has 1 aromatic carbocycles. The van der Waals surface area contributed by atoms with Crippen LogP contribution in [-0.2, 0) is 10.8 Å². The number of hydrogen-bond acceptors (Lipinski definition) is 1. The topological polar surface area (TPSA) is 9.23 Å². The van der Waals surface area contributed by atoms with E-state index in [1.54, 1.807) is 0 Å². The standard InChI is InChI=1S/C17H28OSi/c1-7-16(18-19(5,6)17(2,3)4)14-13-15-11-9-8-10-12-15/h7-12,16H,1,13-14H2,2-6H3/t16-/m1/s1. The van der Waals surface area contributed by atoms with Crippen molar-refractivity contribution in [2.75, 3.05) is 0 Å². The smallest absolute Gasteiger partial charge is 0.192 e. The minimum absolute atomic E-state index is 0.168. The normalized spacial score (nSPS) is 14.2. The highest BCUT2D eigenvalue weighted by Gasteiger charge is 2.38. The van der Waals surface area contributed by atoms with Crippen LogP contribution in [0.15, 0.2) is 43.0 Å². The zero-order valence-electron chi connectivity index (χ0n) is 13.1. The minimum Gasteiger partial charge on any atom is -0.411 e. The van der Waals surface area contributed by atoms with Gasteiger partial charge in [0.25, 0.3) is 0 Å². The molecular formula is C17H28OSi. The van der Waals surface area contributed by atoms with Gasteiger partial charge >= 0.3 is 0 Å². The van der Waals surface area contributed by atoms with E-state index in [9.17, 15) is 0 Å². The Labute approximate surface area is 119 Å². The summed E-state index contributed by atoms with van der Waals surface area (Å²) in [5.74, 6) is 0. The van der Waals surface area contributed by atoms with E-state index in [1.807, 2.05) is 6.08 Å². The first kappa shape index (κ1) is 16.2. The highest BCUT2D eigenvalue weighted by atomic mass is 28.4. The summed E-state index contributed by atoms with van der Waals surface area (Å²) in [5, 5.41) is 0.251. The van der Waals surface area contributed by atoms with Gasteiger partial charge in [-0.25, -0.2) is 0 Å². The molecule has 0 amide bonds. The maximum atomic E-state index is 6.39. The van der Waals surface area contributed by atoms with E-state index in [4.69, 9.17) is 4.43 Å².